The number of rotatable bonds is 14. The molecule has 27 heavy (non-hydrogen) atoms. The van der Waals surface area contributed by atoms with E-state index in [1.54, 1.807) is 13.8 Å². The minimum atomic E-state index is -3.94. The Labute approximate surface area is 160 Å². The first-order chi connectivity index (χ1) is 12.4. The van der Waals surface area contributed by atoms with E-state index in [1.807, 2.05) is 0 Å². The third kappa shape index (κ3) is 12.0. The zero-order valence-electron chi connectivity index (χ0n) is 16.0. The van der Waals surface area contributed by atoms with E-state index < -0.39 is 44.4 Å². The Bertz CT molecular complexity index is 611. The van der Waals surface area contributed by atoms with E-state index in [-0.39, 0.29) is 44.0 Å². The second-order valence-electron chi connectivity index (χ2n) is 5.57. The molecule has 0 heterocycles. The molecular weight excluding hydrogens is 404 g/mol. The smallest absolute Gasteiger partial charge is 0.336 e. The van der Waals surface area contributed by atoms with Gasteiger partial charge in [0.2, 0.25) is 0 Å². The van der Waals surface area contributed by atoms with Crippen LogP contribution in [0.15, 0.2) is 0 Å². The Balaban J connectivity index is 4.23. The maximum atomic E-state index is 11.8. The molecule has 12 heteroatoms. The molecule has 0 aliphatic carbocycles. The second-order valence-corrected chi connectivity index (χ2v) is 9.00. The molecule has 0 amide bonds. The molecular formula is C15H28O10S2. The first kappa shape index (κ1) is 25.8. The molecule has 2 unspecified atom stereocenters. The summed E-state index contributed by atoms with van der Waals surface area (Å²) in [7, 11) is -7.88. The minimum absolute atomic E-state index is 0.109. The van der Waals surface area contributed by atoms with Crippen LogP contribution in [-0.4, -0.2) is 65.7 Å². The largest absolute Gasteiger partial charge is 0.464 e. The van der Waals surface area contributed by atoms with Gasteiger partial charge in [0.05, 0.1) is 24.7 Å². The van der Waals surface area contributed by atoms with Crippen LogP contribution in [0.1, 0.15) is 47.0 Å². The predicted molar refractivity (Wildman–Crippen MR) is 95.8 cm³/mol. The molecule has 0 N–H and O–H groups in total. The van der Waals surface area contributed by atoms with E-state index in [2.05, 4.69) is 9.47 Å². The molecule has 0 aliphatic rings. The van der Waals surface area contributed by atoms with E-state index >= 15 is 0 Å². The van der Waals surface area contributed by atoms with Gasteiger partial charge in [-0.25, -0.2) is 9.59 Å². The maximum Gasteiger partial charge on any atom is 0.336 e. The molecule has 160 valence electrons. The van der Waals surface area contributed by atoms with Crippen LogP contribution in [0, 0.1) is 0 Å². The van der Waals surface area contributed by atoms with Crippen molar-refractivity contribution < 1.29 is 44.3 Å². The summed E-state index contributed by atoms with van der Waals surface area (Å²) in [6.45, 7) is 5.93. The van der Waals surface area contributed by atoms with E-state index in [1.165, 1.54) is 13.8 Å². The average molecular weight is 433 g/mol. The number of unbranched alkanes of at least 4 members (excludes halogenated alkanes) is 2. The summed E-state index contributed by atoms with van der Waals surface area (Å²) in [5.41, 5.74) is 0. The molecule has 0 saturated heterocycles. The van der Waals surface area contributed by atoms with E-state index in [4.69, 9.17) is 8.37 Å². The van der Waals surface area contributed by atoms with Crippen LogP contribution in [-0.2, 0) is 47.7 Å². The Morgan fingerprint density at radius 2 is 1.04 bits per heavy atom. The molecule has 0 aromatic rings. The Morgan fingerprint density at radius 1 is 0.704 bits per heavy atom. The highest BCUT2D eigenvalue weighted by molar-refractivity contribution is 7.87. The fourth-order valence-corrected chi connectivity index (χ4v) is 4.21. The van der Waals surface area contributed by atoms with Gasteiger partial charge in [0.15, 0.2) is 12.2 Å². The molecule has 0 spiro atoms. The van der Waals surface area contributed by atoms with Gasteiger partial charge in [-0.05, 0) is 40.5 Å². The van der Waals surface area contributed by atoms with Gasteiger partial charge in [-0.2, -0.15) is 16.8 Å². The van der Waals surface area contributed by atoms with Gasteiger partial charge < -0.3 is 9.47 Å². The molecule has 2 atom stereocenters. The highest BCUT2D eigenvalue weighted by Crippen LogP contribution is 2.09. The van der Waals surface area contributed by atoms with Gasteiger partial charge in [-0.3, -0.25) is 8.37 Å². The quantitative estimate of drug-likeness (QED) is 0.219. The highest BCUT2D eigenvalue weighted by atomic mass is 32.2. The van der Waals surface area contributed by atoms with Crippen molar-refractivity contribution in [1.82, 2.24) is 0 Å². The van der Waals surface area contributed by atoms with E-state index in [9.17, 15) is 26.4 Å². The van der Waals surface area contributed by atoms with Gasteiger partial charge in [-0.15, -0.1) is 0 Å². The van der Waals surface area contributed by atoms with Gasteiger partial charge in [-0.1, -0.05) is 6.42 Å². The van der Waals surface area contributed by atoms with Gasteiger partial charge in [0.25, 0.3) is 20.2 Å². The third-order valence-electron chi connectivity index (χ3n) is 3.11. The fourth-order valence-electron chi connectivity index (χ4n) is 1.87. The van der Waals surface area contributed by atoms with E-state index in [0.717, 1.165) is 0 Å². The SMILES string of the molecule is CCOC(=O)C(C)OS(=O)(=O)CCCCCS(=O)(=O)OC(C)C(=O)OCC. The topological polar surface area (TPSA) is 139 Å². The number of ether oxygens (including phenoxy) is 2. The van der Waals surface area contributed by atoms with Crippen LogP contribution in [0.5, 0.6) is 0 Å². The van der Waals surface area contributed by atoms with Crippen molar-refractivity contribution in [1.29, 1.82) is 0 Å². The summed E-state index contributed by atoms with van der Waals surface area (Å²) in [5, 5.41) is 0. The van der Waals surface area contributed by atoms with Crippen molar-refractivity contribution in [2.45, 2.75) is 59.2 Å². The van der Waals surface area contributed by atoms with Crippen LogP contribution in [0.25, 0.3) is 0 Å². The number of carbonyl (C=O) groups excluding carboxylic acids is 2. The van der Waals surface area contributed by atoms with Crippen molar-refractivity contribution in [2.75, 3.05) is 24.7 Å². The number of hydrogen-bond acceptors (Lipinski definition) is 10. The van der Waals surface area contributed by atoms with Gasteiger partial charge in [0, 0.05) is 0 Å². The number of esters is 2. The zero-order chi connectivity index (χ0) is 21.1. The Hall–Kier alpha value is -1.24. The van der Waals surface area contributed by atoms with E-state index in [0.29, 0.717) is 0 Å². The summed E-state index contributed by atoms with van der Waals surface area (Å²) < 4.78 is 65.8. The van der Waals surface area contributed by atoms with Crippen molar-refractivity contribution in [3.8, 4) is 0 Å². The van der Waals surface area contributed by atoms with Crippen LogP contribution >= 0.6 is 0 Å². The van der Waals surface area contributed by atoms with Crippen LogP contribution in [0.4, 0.5) is 0 Å². The molecule has 0 radical (unpaired) electrons. The first-order valence-corrected chi connectivity index (χ1v) is 11.7. The molecule has 0 saturated carbocycles. The minimum Gasteiger partial charge on any atom is -0.464 e. The van der Waals surface area contributed by atoms with Gasteiger partial charge >= 0.3 is 11.9 Å². The Kier molecular flexibility index (Phi) is 11.7. The lowest BCUT2D eigenvalue weighted by atomic mass is 10.3. The fraction of sp³-hybridized carbons (Fsp3) is 0.867. The summed E-state index contributed by atoms with van der Waals surface area (Å²) in [6, 6.07) is 0. The standard InChI is InChI=1S/C15H28O10S2/c1-5-22-14(16)12(3)24-26(18,19)10-8-7-9-11-27(20,21)25-13(4)15(17)23-6-2/h12-13H,5-11H2,1-4H3. The van der Waals surface area contributed by atoms with Crippen molar-refractivity contribution in [3.63, 3.8) is 0 Å². The number of hydrogen-bond donors (Lipinski definition) is 0. The maximum absolute atomic E-state index is 11.8. The monoisotopic (exact) mass is 432 g/mol. The molecule has 10 nitrogen and oxygen atoms in total. The lowest BCUT2D eigenvalue weighted by molar-refractivity contribution is -0.151. The average Bonchev–Trinajstić information content (AvgIpc) is 2.53. The summed E-state index contributed by atoms with van der Waals surface area (Å²) in [4.78, 5) is 22.7. The molecule has 0 rings (SSSR count). The van der Waals surface area contributed by atoms with Crippen LogP contribution in [0.2, 0.25) is 0 Å². The summed E-state index contributed by atoms with van der Waals surface area (Å²) in [5.74, 6) is -2.28. The zero-order valence-corrected chi connectivity index (χ0v) is 17.6. The summed E-state index contributed by atoms with van der Waals surface area (Å²) >= 11 is 0. The second kappa shape index (κ2) is 12.3. The summed E-state index contributed by atoms with van der Waals surface area (Å²) in [6.07, 6.45) is -1.94. The third-order valence-corrected chi connectivity index (χ3v) is 5.85. The van der Waals surface area contributed by atoms with Crippen LogP contribution in [0.3, 0.4) is 0 Å². The van der Waals surface area contributed by atoms with Crippen molar-refractivity contribution in [3.05, 3.63) is 0 Å². The highest BCUT2D eigenvalue weighted by Gasteiger charge is 2.24. The molecule has 0 aliphatic heterocycles. The van der Waals surface area contributed by atoms with Crippen molar-refractivity contribution in [2.24, 2.45) is 0 Å². The normalized spacial score (nSPS) is 14.4. The van der Waals surface area contributed by atoms with Gasteiger partial charge in [0.1, 0.15) is 0 Å². The predicted octanol–water partition coefficient (Wildman–Crippen LogP) is 0.753. The van der Waals surface area contributed by atoms with Crippen LogP contribution < -0.4 is 0 Å². The lowest BCUT2D eigenvalue weighted by Crippen LogP contribution is -2.28. The number of carbonyl (C=O) groups is 2. The molecule has 0 aromatic carbocycles. The Morgan fingerprint density at radius 3 is 1.33 bits per heavy atom. The molecule has 0 bridgehead atoms. The molecule has 0 aromatic heterocycles. The first-order valence-electron chi connectivity index (χ1n) is 8.59. The molecule has 0 fully saturated rings. The lowest BCUT2D eigenvalue weighted by Gasteiger charge is -2.12. The van der Waals surface area contributed by atoms with Crippen molar-refractivity contribution >= 4 is 32.2 Å².